The van der Waals surface area contributed by atoms with Gasteiger partial charge in [0.25, 0.3) is 0 Å². The summed E-state index contributed by atoms with van der Waals surface area (Å²) < 4.78 is 33.7. The Morgan fingerprint density at radius 1 is 1.32 bits per heavy atom. The molecule has 1 heterocycles. The zero-order chi connectivity index (χ0) is 16.7. The lowest BCUT2D eigenvalue weighted by molar-refractivity contribution is -0.166. The van der Waals surface area contributed by atoms with Crippen LogP contribution in [0.5, 0.6) is 5.75 Å². The Kier molecular flexibility index (Phi) is 4.37. The maximum absolute atomic E-state index is 13.8. The summed E-state index contributed by atoms with van der Waals surface area (Å²) >= 11 is 1.27. The Balaban J connectivity index is 2.68. The van der Waals surface area contributed by atoms with Crippen molar-refractivity contribution in [3.05, 3.63) is 22.7 Å². The molecule has 22 heavy (non-hydrogen) atoms. The van der Waals surface area contributed by atoms with Gasteiger partial charge in [-0.15, -0.1) is 11.3 Å². The largest absolute Gasteiger partial charge is 0.489 e. The maximum Gasteiger partial charge on any atom is 0.379 e. The van der Waals surface area contributed by atoms with Gasteiger partial charge in [0, 0.05) is 11.5 Å². The smallest absolute Gasteiger partial charge is 0.379 e. The second kappa shape index (κ2) is 5.79. The van der Waals surface area contributed by atoms with E-state index < -0.39 is 17.5 Å². The van der Waals surface area contributed by atoms with Gasteiger partial charge < -0.3 is 9.84 Å². The summed E-state index contributed by atoms with van der Waals surface area (Å²) in [7, 11) is 0. The van der Waals surface area contributed by atoms with Crippen LogP contribution in [0, 0.1) is 0 Å². The lowest BCUT2D eigenvalue weighted by Crippen LogP contribution is -2.25. The molecule has 1 aromatic carbocycles. The van der Waals surface area contributed by atoms with Crippen LogP contribution >= 0.6 is 11.3 Å². The van der Waals surface area contributed by atoms with Gasteiger partial charge in [-0.3, -0.25) is 0 Å². The summed E-state index contributed by atoms with van der Waals surface area (Å²) in [5, 5.41) is 9.52. The minimum atomic E-state index is -3.97. The van der Waals surface area contributed by atoms with E-state index in [0.717, 1.165) is 11.1 Å². The van der Waals surface area contributed by atoms with Gasteiger partial charge >= 0.3 is 11.9 Å². The first-order valence-corrected chi connectivity index (χ1v) is 7.67. The monoisotopic (exact) mass is 329 g/mol. The van der Waals surface area contributed by atoms with Crippen molar-refractivity contribution in [3.63, 3.8) is 0 Å². The minimum absolute atomic E-state index is 0.146. The van der Waals surface area contributed by atoms with Crippen molar-refractivity contribution in [2.24, 2.45) is 0 Å². The third-order valence-corrected chi connectivity index (χ3v) is 4.27. The number of rotatable bonds is 5. The van der Waals surface area contributed by atoms with Crippen molar-refractivity contribution in [1.29, 1.82) is 0 Å². The summed E-state index contributed by atoms with van der Waals surface area (Å²) in [4.78, 5) is 15.2. The van der Waals surface area contributed by atoms with Crippen molar-refractivity contribution in [2.75, 3.05) is 0 Å². The van der Waals surface area contributed by atoms with Gasteiger partial charge in [0.1, 0.15) is 11.3 Å². The zero-order valence-electron chi connectivity index (χ0n) is 12.7. The summed E-state index contributed by atoms with van der Waals surface area (Å²) in [5.41, 5.74) is -0.102. The van der Waals surface area contributed by atoms with E-state index in [1.165, 1.54) is 17.4 Å². The molecule has 120 valence electrons. The van der Waals surface area contributed by atoms with E-state index in [-0.39, 0.29) is 17.8 Å². The molecule has 7 heteroatoms. The first-order chi connectivity index (χ1) is 10.1. The van der Waals surface area contributed by atoms with E-state index in [1.54, 1.807) is 13.8 Å². The molecule has 0 spiro atoms. The van der Waals surface area contributed by atoms with Gasteiger partial charge in [-0.1, -0.05) is 13.8 Å². The highest BCUT2D eigenvalue weighted by Gasteiger charge is 2.42. The second-order valence-electron chi connectivity index (χ2n) is 5.57. The second-order valence-corrected chi connectivity index (χ2v) is 6.64. The van der Waals surface area contributed by atoms with E-state index in [1.807, 2.05) is 13.8 Å². The van der Waals surface area contributed by atoms with E-state index >= 15 is 0 Å². The Hall–Kier alpha value is -1.76. The van der Waals surface area contributed by atoms with E-state index in [0.29, 0.717) is 10.2 Å². The van der Waals surface area contributed by atoms with Gasteiger partial charge in [-0.2, -0.15) is 8.78 Å². The van der Waals surface area contributed by atoms with Crippen molar-refractivity contribution in [3.8, 4) is 5.75 Å². The van der Waals surface area contributed by atoms with Crippen LogP contribution in [0.15, 0.2) is 12.1 Å². The van der Waals surface area contributed by atoms with Gasteiger partial charge in [0.05, 0.1) is 15.8 Å². The third-order valence-electron chi connectivity index (χ3n) is 2.96. The first kappa shape index (κ1) is 16.6. The minimum Gasteiger partial charge on any atom is -0.489 e. The standard InChI is InChI=1S/C15H17F2NO3S/c1-7(2)13-18-12-10(21-8(3)4)5-9(6-11(12)22-13)15(16,17)14(19)20/h5-8H,1-4H3,(H,19,20). The predicted octanol–water partition coefficient (Wildman–Crippen LogP) is 4.38. The topological polar surface area (TPSA) is 59.4 Å². The molecule has 0 aliphatic rings. The molecule has 0 saturated heterocycles. The third kappa shape index (κ3) is 3.04. The van der Waals surface area contributed by atoms with E-state index in [2.05, 4.69) is 4.98 Å². The zero-order valence-corrected chi connectivity index (χ0v) is 13.5. The number of aromatic nitrogens is 1. The number of carbonyl (C=O) groups is 1. The van der Waals surface area contributed by atoms with Crippen LogP contribution in [0.25, 0.3) is 10.2 Å². The Morgan fingerprint density at radius 3 is 2.45 bits per heavy atom. The van der Waals surface area contributed by atoms with E-state index in [4.69, 9.17) is 9.84 Å². The number of benzene rings is 1. The molecule has 0 aliphatic carbocycles. The number of carboxylic acids is 1. The molecule has 0 radical (unpaired) electrons. The Labute approximate surface area is 130 Å². The Bertz CT molecular complexity index is 710. The van der Waals surface area contributed by atoms with Crippen LogP contribution < -0.4 is 4.74 Å². The highest BCUT2D eigenvalue weighted by Crippen LogP contribution is 2.39. The normalized spacial score (nSPS) is 12.4. The molecule has 0 bridgehead atoms. The van der Waals surface area contributed by atoms with Crippen LogP contribution in [-0.4, -0.2) is 22.2 Å². The highest BCUT2D eigenvalue weighted by molar-refractivity contribution is 7.18. The summed E-state index contributed by atoms with van der Waals surface area (Å²) in [6.45, 7) is 7.44. The Morgan fingerprint density at radius 2 is 1.95 bits per heavy atom. The number of fused-ring (bicyclic) bond motifs is 1. The quantitative estimate of drug-likeness (QED) is 0.884. The molecule has 0 atom stereocenters. The van der Waals surface area contributed by atoms with Crippen molar-refractivity contribution in [2.45, 2.75) is 45.6 Å². The molecule has 1 aromatic heterocycles. The number of carboxylic acid groups (broad SMARTS) is 1. The van der Waals surface area contributed by atoms with Crippen molar-refractivity contribution < 1.29 is 23.4 Å². The average molecular weight is 329 g/mol. The molecule has 0 fully saturated rings. The average Bonchev–Trinajstić information content (AvgIpc) is 2.82. The SMILES string of the molecule is CC(C)Oc1cc(C(F)(F)C(=O)O)cc2sc(C(C)C)nc12. The number of alkyl halides is 2. The molecule has 1 N–H and O–H groups in total. The molecule has 2 rings (SSSR count). The lowest BCUT2D eigenvalue weighted by atomic mass is 10.1. The molecule has 2 aromatic rings. The number of aliphatic carboxylic acids is 1. The molecule has 0 saturated carbocycles. The maximum atomic E-state index is 13.8. The fraction of sp³-hybridized carbons (Fsp3) is 0.467. The summed E-state index contributed by atoms with van der Waals surface area (Å²) in [6, 6.07) is 2.25. The number of thiazole rings is 1. The number of halogens is 2. The van der Waals surface area contributed by atoms with Gasteiger partial charge in [0.2, 0.25) is 0 Å². The van der Waals surface area contributed by atoms with Crippen LogP contribution in [0.3, 0.4) is 0 Å². The highest BCUT2D eigenvalue weighted by atomic mass is 32.1. The van der Waals surface area contributed by atoms with Gasteiger partial charge in [0.15, 0.2) is 0 Å². The molecule has 4 nitrogen and oxygen atoms in total. The van der Waals surface area contributed by atoms with Crippen molar-refractivity contribution in [1.82, 2.24) is 4.98 Å². The van der Waals surface area contributed by atoms with E-state index in [9.17, 15) is 13.6 Å². The lowest BCUT2D eigenvalue weighted by Gasteiger charge is -2.15. The summed E-state index contributed by atoms with van der Waals surface area (Å²) in [6.07, 6.45) is -0.235. The van der Waals surface area contributed by atoms with Crippen molar-refractivity contribution >= 4 is 27.5 Å². The first-order valence-electron chi connectivity index (χ1n) is 6.85. The van der Waals surface area contributed by atoms with Gasteiger partial charge in [-0.05, 0) is 26.0 Å². The predicted molar refractivity (Wildman–Crippen MR) is 81.0 cm³/mol. The molecular weight excluding hydrogens is 312 g/mol. The number of hydrogen-bond donors (Lipinski definition) is 1. The van der Waals surface area contributed by atoms with Gasteiger partial charge in [-0.25, -0.2) is 9.78 Å². The van der Waals surface area contributed by atoms with Crippen LogP contribution in [0.1, 0.15) is 44.2 Å². The fourth-order valence-electron chi connectivity index (χ4n) is 1.91. The number of hydrogen-bond acceptors (Lipinski definition) is 4. The van der Waals surface area contributed by atoms with Crippen LogP contribution in [-0.2, 0) is 10.7 Å². The number of nitrogens with zero attached hydrogens (tertiary/aromatic N) is 1. The molecule has 0 amide bonds. The molecule has 0 aliphatic heterocycles. The van der Waals surface area contributed by atoms with Crippen LogP contribution in [0.4, 0.5) is 8.78 Å². The molecular formula is C15H17F2NO3S. The van der Waals surface area contributed by atoms with Crippen LogP contribution in [0.2, 0.25) is 0 Å². The summed E-state index contributed by atoms with van der Waals surface area (Å²) in [5.74, 6) is -5.82. The fourth-order valence-corrected chi connectivity index (χ4v) is 2.94. The number of ether oxygens (including phenoxy) is 1. The molecule has 0 unspecified atom stereocenters.